The number of nitrogens with zero attached hydrogens (tertiary/aromatic N) is 4. The number of likely N-dealkylation sites (N-methyl/N-ethyl adjacent to an activating group) is 1. The molecule has 0 saturated carbocycles. The molecule has 10 heteroatoms. The zero-order chi connectivity index (χ0) is 32.7. The maximum Gasteiger partial charge on any atom is 0.306 e. The summed E-state index contributed by atoms with van der Waals surface area (Å²) in [5, 5.41) is 10.8. The van der Waals surface area contributed by atoms with Crippen LogP contribution in [0, 0.1) is 18.3 Å². The number of esters is 1. The normalized spacial score (nSPS) is 24.0. The summed E-state index contributed by atoms with van der Waals surface area (Å²) in [4.78, 5) is 22.5. The third-order valence-corrected chi connectivity index (χ3v) is 10.0. The molecule has 3 aliphatic heterocycles. The summed E-state index contributed by atoms with van der Waals surface area (Å²) in [6.07, 6.45) is 3.37. The van der Waals surface area contributed by atoms with E-state index in [1.54, 1.807) is 28.4 Å². The maximum atomic E-state index is 13.3. The fourth-order valence-electron chi connectivity index (χ4n) is 7.70. The van der Waals surface area contributed by atoms with Crippen LogP contribution in [0.2, 0.25) is 0 Å². The highest BCUT2D eigenvalue weighted by Crippen LogP contribution is 2.52. The molecule has 3 aliphatic rings. The molecule has 10 nitrogen and oxygen atoms in total. The van der Waals surface area contributed by atoms with Crippen molar-refractivity contribution in [1.82, 2.24) is 14.8 Å². The number of hydrogen-bond donors (Lipinski definition) is 0. The number of benzene rings is 2. The van der Waals surface area contributed by atoms with Gasteiger partial charge in [0.25, 0.3) is 0 Å². The maximum absolute atomic E-state index is 13.3. The Morgan fingerprint density at radius 2 is 1.52 bits per heavy atom. The first-order valence-corrected chi connectivity index (χ1v) is 15.7. The molecule has 0 amide bonds. The standard InChI is InChI=1S/C36H42N4O6/c1-20-8-9-26(38-18-20)21(2)10-35(41)46-19-30-24-15-33(44-6)31(42-4)13-22(24)12-28-36-25-16-34(45-7)32(43-5)14-23(25)11-27(39(36)3)29(17-37)40(28)30/h8-9,13-16,18,21,27-30,36H,10-12,19H2,1-7H3/t21?,27-,28-,29-,30-,36+/m0/s1. The van der Waals surface area contributed by atoms with Gasteiger partial charge >= 0.3 is 5.97 Å². The van der Waals surface area contributed by atoms with E-state index in [-0.39, 0.29) is 49.1 Å². The molecular formula is C36H42N4O6. The SMILES string of the molecule is COc1cc2c(cc1OC)[C@@H]1[C@@H]3Cc4cc(OC)c(OC)cc4[C@H](COC(=O)CC(C)c4ccc(C)cn4)N3[C@@H](C#N)[C@H](C2)N1C. The lowest BCUT2D eigenvalue weighted by atomic mass is 9.72. The molecule has 1 unspecified atom stereocenters. The van der Waals surface area contributed by atoms with E-state index < -0.39 is 6.04 Å². The van der Waals surface area contributed by atoms with E-state index >= 15 is 0 Å². The number of ether oxygens (including phenoxy) is 5. The summed E-state index contributed by atoms with van der Waals surface area (Å²) in [6, 6.07) is 13.7. The fraction of sp³-hybridized carbons (Fsp3) is 0.472. The summed E-state index contributed by atoms with van der Waals surface area (Å²) < 4.78 is 28.8. The first kappa shape index (κ1) is 31.6. The number of carbonyl (C=O) groups is 1. The summed E-state index contributed by atoms with van der Waals surface area (Å²) in [6.45, 7) is 4.07. The molecule has 242 valence electrons. The van der Waals surface area contributed by atoms with Gasteiger partial charge in [0, 0.05) is 29.9 Å². The van der Waals surface area contributed by atoms with E-state index in [0.717, 1.165) is 33.5 Å². The van der Waals surface area contributed by atoms with Gasteiger partial charge in [-0.25, -0.2) is 0 Å². The Hall–Kier alpha value is -4.33. The van der Waals surface area contributed by atoms with E-state index in [2.05, 4.69) is 40.0 Å². The predicted octanol–water partition coefficient (Wildman–Crippen LogP) is 4.93. The van der Waals surface area contributed by atoms with Crippen LogP contribution in [-0.2, 0) is 22.4 Å². The number of carbonyl (C=O) groups excluding carboxylic acids is 1. The smallest absolute Gasteiger partial charge is 0.306 e. The summed E-state index contributed by atoms with van der Waals surface area (Å²) >= 11 is 0. The molecule has 0 aliphatic carbocycles. The van der Waals surface area contributed by atoms with Crippen molar-refractivity contribution in [2.45, 2.75) is 69.2 Å². The van der Waals surface area contributed by atoms with Gasteiger partial charge in [-0.3, -0.25) is 19.6 Å². The molecule has 2 bridgehead atoms. The van der Waals surface area contributed by atoms with Gasteiger partial charge in [-0.05, 0) is 85.0 Å². The molecule has 1 fully saturated rings. The Labute approximate surface area is 270 Å². The Kier molecular flexibility index (Phi) is 8.82. The molecule has 6 atom stereocenters. The van der Waals surface area contributed by atoms with Crippen LogP contribution in [-0.4, -0.2) is 81.0 Å². The van der Waals surface area contributed by atoms with Crippen molar-refractivity contribution in [2.75, 3.05) is 42.1 Å². The van der Waals surface area contributed by atoms with Crippen molar-refractivity contribution in [2.24, 2.45) is 0 Å². The van der Waals surface area contributed by atoms with Crippen LogP contribution in [0.3, 0.4) is 0 Å². The van der Waals surface area contributed by atoms with Crippen molar-refractivity contribution in [3.05, 3.63) is 76.1 Å². The van der Waals surface area contributed by atoms with Crippen LogP contribution < -0.4 is 18.9 Å². The van der Waals surface area contributed by atoms with Crippen LogP contribution in [0.15, 0.2) is 42.6 Å². The third-order valence-electron chi connectivity index (χ3n) is 10.0. The quantitative estimate of drug-likeness (QED) is 0.304. The minimum Gasteiger partial charge on any atom is -0.493 e. The molecule has 0 radical (unpaired) electrons. The molecule has 3 aromatic rings. The predicted molar refractivity (Wildman–Crippen MR) is 172 cm³/mol. The summed E-state index contributed by atoms with van der Waals surface area (Å²) in [7, 11) is 8.64. The second kappa shape index (κ2) is 12.8. The monoisotopic (exact) mass is 626 g/mol. The minimum absolute atomic E-state index is 0.0368. The zero-order valence-electron chi connectivity index (χ0n) is 27.6. The Morgan fingerprint density at radius 3 is 2.11 bits per heavy atom. The van der Waals surface area contributed by atoms with Gasteiger partial charge in [-0.15, -0.1) is 0 Å². The average Bonchev–Trinajstić information content (AvgIpc) is 3.06. The Balaban J connectivity index is 1.39. The number of rotatable bonds is 9. The number of nitriles is 1. The largest absolute Gasteiger partial charge is 0.493 e. The van der Waals surface area contributed by atoms with E-state index in [4.69, 9.17) is 23.7 Å². The number of aromatic nitrogens is 1. The van der Waals surface area contributed by atoms with E-state index in [9.17, 15) is 10.1 Å². The number of pyridine rings is 1. The zero-order valence-corrected chi connectivity index (χ0v) is 27.6. The van der Waals surface area contributed by atoms with Crippen LogP contribution in [0.1, 0.15) is 64.9 Å². The fourth-order valence-corrected chi connectivity index (χ4v) is 7.70. The highest BCUT2D eigenvalue weighted by Gasteiger charge is 2.54. The van der Waals surface area contributed by atoms with Crippen molar-refractivity contribution >= 4 is 5.97 Å². The molecule has 0 N–H and O–H groups in total. The molecule has 2 aromatic carbocycles. The van der Waals surface area contributed by atoms with Gasteiger partial charge in [-0.1, -0.05) is 13.0 Å². The molecule has 1 aromatic heterocycles. The van der Waals surface area contributed by atoms with Crippen LogP contribution in [0.5, 0.6) is 23.0 Å². The second-order valence-electron chi connectivity index (χ2n) is 12.6. The van der Waals surface area contributed by atoms with E-state index in [1.165, 1.54) is 0 Å². The molecule has 4 heterocycles. The van der Waals surface area contributed by atoms with Crippen LogP contribution in [0.25, 0.3) is 0 Å². The lowest BCUT2D eigenvalue weighted by Gasteiger charge is -2.59. The van der Waals surface area contributed by atoms with Crippen molar-refractivity contribution < 1.29 is 28.5 Å². The first-order chi connectivity index (χ1) is 22.2. The van der Waals surface area contributed by atoms with Gasteiger partial charge < -0.3 is 23.7 Å². The number of hydrogen-bond acceptors (Lipinski definition) is 10. The second-order valence-corrected chi connectivity index (χ2v) is 12.6. The molecule has 6 rings (SSSR count). The first-order valence-electron chi connectivity index (χ1n) is 15.7. The van der Waals surface area contributed by atoms with Crippen LogP contribution >= 0.6 is 0 Å². The number of methoxy groups -OCH3 is 4. The van der Waals surface area contributed by atoms with Gasteiger partial charge in [-0.2, -0.15) is 5.26 Å². The number of fused-ring (bicyclic) bond motifs is 7. The van der Waals surface area contributed by atoms with Gasteiger partial charge in [0.1, 0.15) is 12.6 Å². The third kappa shape index (κ3) is 5.41. The molecule has 46 heavy (non-hydrogen) atoms. The summed E-state index contributed by atoms with van der Waals surface area (Å²) in [5.41, 5.74) is 6.29. The van der Waals surface area contributed by atoms with Crippen molar-refractivity contribution in [3.63, 3.8) is 0 Å². The average molecular weight is 627 g/mol. The van der Waals surface area contributed by atoms with E-state index in [1.807, 2.05) is 44.3 Å². The van der Waals surface area contributed by atoms with Gasteiger partial charge in [0.15, 0.2) is 23.0 Å². The number of aryl methyl sites for hydroxylation is 1. The Morgan fingerprint density at radius 1 is 0.935 bits per heavy atom. The molecule has 0 spiro atoms. The van der Waals surface area contributed by atoms with Gasteiger partial charge in [0.2, 0.25) is 0 Å². The van der Waals surface area contributed by atoms with Crippen LogP contribution in [0.4, 0.5) is 0 Å². The van der Waals surface area contributed by atoms with Crippen molar-refractivity contribution in [3.8, 4) is 29.1 Å². The highest BCUT2D eigenvalue weighted by atomic mass is 16.5. The van der Waals surface area contributed by atoms with Crippen molar-refractivity contribution in [1.29, 1.82) is 5.26 Å². The topological polar surface area (TPSA) is 106 Å². The highest BCUT2D eigenvalue weighted by molar-refractivity contribution is 5.70. The van der Waals surface area contributed by atoms with E-state index in [0.29, 0.717) is 35.8 Å². The number of piperazine rings is 1. The molecule has 1 saturated heterocycles. The Bertz CT molecular complexity index is 1650. The lowest BCUT2D eigenvalue weighted by Crippen LogP contribution is -2.68. The minimum atomic E-state index is -0.451. The van der Waals surface area contributed by atoms with Gasteiger partial charge in [0.05, 0.1) is 53.0 Å². The molecular weight excluding hydrogens is 584 g/mol. The lowest BCUT2D eigenvalue weighted by molar-refractivity contribution is -0.149. The summed E-state index contributed by atoms with van der Waals surface area (Å²) in [5.74, 6) is 2.19.